The van der Waals surface area contributed by atoms with Crippen molar-refractivity contribution < 1.29 is 81.5 Å². The average molecular weight is 1790 g/mol. The molecular weight excluding hydrogens is 1690 g/mol. The second kappa shape index (κ2) is 35.6. The number of aryl methyl sites for hydroxylation is 2. The molecule has 8 aromatic carbocycles. The van der Waals surface area contributed by atoms with Gasteiger partial charge in [-0.05, 0) is 272 Å². The SMILES string of the molecule is CC(C)(C)NS(=O)(=O)c1ccc(-c2cccc(CC(=O)C3(c4ccc5c(c4)OCO5)CC3)n2)cc1.COc1c(C)cc(-c2cccc(CC(=O)C3(c4ccc5c(c4)OCO5)CC3)n2)cc1C.Nc1ccccc1-c1cccc(NC(=O)C2(c3ccc4c(c3)OCO4)CC2)n1.O=C(Cc1cccc(-c2ccc(S(=O)(=O)NC3CCCC3)cc2)n1)C1(c2ccc3c(c2)OCO3)CC1.[HH].[HH]. The van der Waals surface area contributed by atoms with E-state index in [9.17, 15) is 36.0 Å². The number of para-hydroxylation sites is 1. The number of ketones is 3. The first kappa shape index (κ1) is 87.4. The maximum Gasteiger partial charge on any atom is 0.241 e. The van der Waals surface area contributed by atoms with E-state index in [0.29, 0.717) is 69.4 Å². The lowest BCUT2D eigenvalue weighted by Gasteiger charge is -2.20. The number of pyridine rings is 4. The van der Waals surface area contributed by atoms with Crippen molar-refractivity contribution in [3.8, 4) is 96.8 Å². The van der Waals surface area contributed by atoms with Crippen LogP contribution in [0.1, 0.15) is 151 Å². The van der Waals surface area contributed by atoms with Gasteiger partial charge >= 0.3 is 0 Å². The van der Waals surface area contributed by atoms with Crippen LogP contribution in [0, 0.1) is 13.8 Å². The van der Waals surface area contributed by atoms with Crippen molar-refractivity contribution in [3.05, 3.63) is 281 Å². The zero-order valence-corrected chi connectivity index (χ0v) is 74.7. The fourth-order valence-corrected chi connectivity index (χ4v) is 20.5. The number of amides is 1. The number of hydrogen-bond donors (Lipinski definition) is 4. The molecule has 1 amide bonds. The Bertz CT molecular complexity index is 6630. The van der Waals surface area contributed by atoms with E-state index in [0.717, 1.165) is 173 Å². The molecule has 5 N–H and O–H groups in total. The number of nitrogens with zero attached hydrogens (tertiary/aromatic N) is 4. The van der Waals surface area contributed by atoms with Crippen LogP contribution in [0.15, 0.2) is 240 Å². The van der Waals surface area contributed by atoms with E-state index >= 15 is 0 Å². The molecule has 9 aliphatic rings. The molecule has 21 rings (SSSR count). The van der Waals surface area contributed by atoms with Crippen LogP contribution in [0.3, 0.4) is 0 Å². The summed E-state index contributed by atoms with van der Waals surface area (Å²) in [6.07, 6.45) is 11.3. The van der Waals surface area contributed by atoms with Gasteiger partial charge in [0.05, 0.1) is 61.3 Å². The Morgan fingerprint density at radius 3 is 1.16 bits per heavy atom. The average Bonchev–Trinajstić information content (AvgIpc) is 1.60. The Morgan fingerprint density at radius 2 is 0.777 bits per heavy atom. The van der Waals surface area contributed by atoms with Crippen molar-refractivity contribution in [3.63, 3.8) is 0 Å². The number of sulfonamides is 2. The zero-order valence-electron chi connectivity index (χ0n) is 73.1. The van der Waals surface area contributed by atoms with Crippen molar-refractivity contribution in [2.45, 2.75) is 174 Å². The number of nitrogens with two attached hydrogens (primary N) is 1. The molecule has 670 valence electrons. The predicted molar refractivity (Wildman–Crippen MR) is 495 cm³/mol. The van der Waals surface area contributed by atoms with Gasteiger partial charge in [-0.2, -0.15) is 0 Å². The van der Waals surface area contributed by atoms with Gasteiger partial charge in [0.15, 0.2) is 46.0 Å². The smallest absolute Gasteiger partial charge is 0.241 e. The largest absolute Gasteiger partial charge is 0.496 e. The first-order chi connectivity index (χ1) is 62.6. The molecule has 130 heavy (non-hydrogen) atoms. The molecule has 0 radical (unpaired) electrons. The fourth-order valence-electron chi connectivity index (χ4n) is 17.8. The summed E-state index contributed by atoms with van der Waals surface area (Å²) in [6.45, 7) is 10.3. The van der Waals surface area contributed by atoms with Crippen LogP contribution in [0.4, 0.5) is 11.5 Å². The summed E-state index contributed by atoms with van der Waals surface area (Å²) >= 11 is 0. The van der Waals surface area contributed by atoms with Gasteiger partial charge in [-0.3, -0.25) is 34.1 Å². The van der Waals surface area contributed by atoms with Crippen molar-refractivity contribution >= 4 is 54.8 Å². The van der Waals surface area contributed by atoms with Crippen LogP contribution in [0.5, 0.6) is 51.7 Å². The molecule has 0 saturated heterocycles. The lowest BCUT2D eigenvalue weighted by atomic mass is 9.88. The van der Waals surface area contributed by atoms with Crippen LogP contribution < -0.4 is 63.1 Å². The normalized spacial score (nSPS) is 16.6. The maximum atomic E-state index is 13.4. The maximum absolute atomic E-state index is 13.4. The van der Waals surface area contributed by atoms with E-state index in [1.54, 1.807) is 82.5 Å². The van der Waals surface area contributed by atoms with E-state index in [2.05, 4.69) is 31.9 Å². The summed E-state index contributed by atoms with van der Waals surface area (Å²) in [7, 11) is -5.46. The highest BCUT2D eigenvalue weighted by molar-refractivity contribution is 7.89. The molecule has 0 unspecified atom stereocenters. The topological polar surface area (TPSA) is 333 Å². The number of carbonyl (C=O) groups is 4. The quantitative estimate of drug-likeness (QED) is 0.0386. The number of anilines is 2. The van der Waals surface area contributed by atoms with Gasteiger partial charge in [-0.25, -0.2) is 31.3 Å². The molecular formula is C103H104N8O17S2. The Kier molecular flexibility index (Phi) is 23.9. The number of methoxy groups -OCH3 is 1. The van der Waals surface area contributed by atoms with Gasteiger partial charge < -0.3 is 53.7 Å². The minimum absolute atomic E-state index is 0. The highest BCUT2D eigenvalue weighted by atomic mass is 32.2. The number of aromatic nitrogens is 4. The fraction of sp³-hybridized carbons (Fsp3) is 0.301. The molecule has 4 aliphatic heterocycles. The van der Waals surface area contributed by atoms with E-state index in [-0.39, 0.29) is 82.0 Å². The number of benzene rings is 8. The van der Waals surface area contributed by atoms with Gasteiger partial charge in [0.1, 0.15) is 28.9 Å². The third-order valence-electron chi connectivity index (χ3n) is 25.4. The molecule has 5 saturated carbocycles. The van der Waals surface area contributed by atoms with Crippen LogP contribution in [-0.2, 0) is 80.1 Å². The summed E-state index contributed by atoms with van der Waals surface area (Å²) < 4.78 is 105. The second-order valence-corrected chi connectivity index (χ2v) is 38.9. The van der Waals surface area contributed by atoms with E-state index in [1.807, 2.05) is 178 Å². The Morgan fingerprint density at radius 1 is 0.415 bits per heavy atom. The first-order valence-corrected chi connectivity index (χ1v) is 46.8. The molecule has 12 aromatic rings. The van der Waals surface area contributed by atoms with Gasteiger partial charge in [0.25, 0.3) is 0 Å². The summed E-state index contributed by atoms with van der Waals surface area (Å²) in [6, 6.07) is 70.8. The molecule has 5 aliphatic carbocycles. The number of nitrogen functional groups attached to an aromatic ring is 1. The molecule has 5 fully saturated rings. The number of ether oxygens (including phenoxy) is 9. The third-order valence-corrected chi connectivity index (χ3v) is 28.7. The summed E-state index contributed by atoms with van der Waals surface area (Å²) in [5.41, 5.74) is 18.9. The monoisotopic (exact) mass is 1790 g/mol. The summed E-state index contributed by atoms with van der Waals surface area (Å²) in [4.78, 5) is 72.3. The number of rotatable bonds is 25. The lowest BCUT2D eigenvalue weighted by Crippen LogP contribution is -2.40. The van der Waals surface area contributed by atoms with E-state index < -0.39 is 47.2 Å². The zero-order chi connectivity index (χ0) is 90.3. The van der Waals surface area contributed by atoms with Gasteiger partial charge in [-0.1, -0.05) is 104 Å². The minimum Gasteiger partial charge on any atom is -0.496 e. The summed E-state index contributed by atoms with van der Waals surface area (Å²) in [5.74, 6) is 7.51. The first-order valence-electron chi connectivity index (χ1n) is 43.8. The van der Waals surface area contributed by atoms with E-state index in [1.165, 1.54) is 0 Å². The second-order valence-electron chi connectivity index (χ2n) is 35.5. The van der Waals surface area contributed by atoms with Crippen LogP contribution in [0.25, 0.3) is 45.0 Å². The molecule has 4 aromatic heterocycles. The molecule has 8 heterocycles. The molecule has 27 heteroatoms. The standard InChI is InChI=1S/C28H28N2O5S.C27H28N2O5S.C26H25NO4.C22H19N3O3.2H2/c31-27(28(14-15-28)20-10-13-25-26(16-20)35-18-34-25)17-22-6-3-7-24(29-22)19-8-11-23(12-9-19)36(32,33)30-21-4-1-2-5-21;1-26(2,3)29-35(31,32)21-10-7-18(8-11-21)22-6-4-5-20(28-22)16-25(30)27(13-14-27)19-9-12-23-24(15-19)34-17-33-23;1-16-11-18(12-17(2)25(16)29-3)21-6-4-5-20(27-21)14-24(28)26(9-10-26)19-7-8-22-23(13-19)31-15-30-22;23-16-5-2-1-4-15(16)17-6-3-7-20(24-17)25-21(26)22(10-11-22)14-8-9-18-19(12-14)28-13-27-18;;/h3,6-13,16,21,30H,1-2,4-5,14-15,17-18H2;4-12,15,29H,13-14,16-17H2,1-3H3;4-8,11-13H,9-10,14-15H2,1-3H3;1-9,12H,10-11,13,23H2,(H,24,25,26);2*1H. The van der Waals surface area contributed by atoms with Crippen LogP contribution in [0.2, 0.25) is 0 Å². The van der Waals surface area contributed by atoms with Crippen molar-refractivity contribution in [2.75, 3.05) is 45.3 Å². The number of hydrogen-bond acceptors (Lipinski definition) is 22. The third kappa shape index (κ3) is 18.7. The van der Waals surface area contributed by atoms with E-state index in [4.69, 9.17) is 63.3 Å². The molecule has 0 bridgehead atoms. The number of fused-ring (bicyclic) bond motifs is 4. The predicted octanol–water partition coefficient (Wildman–Crippen LogP) is 18.1. The van der Waals surface area contributed by atoms with Gasteiger partial charge in [0.2, 0.25) is 53.1 Å². The Labute approximate surface area is 758 Å². The highest BCUT2D eigenvalue weighted by Crippen LogP contribution is 2.56. The molecule has 25 nitrogen and oxygen atoms in total. The van der Waals surface area contributed by atoms with Crippen LogP contribution in [-0.4, -0.2) is 106 Å². The van der Waals surface area contributed by atoms with Crippen molar-refractivity contribution in [1.29, 1.82) is 0 Å². The van der Waals surface area contributed by atoms with Crippen molar-refractivity contribution in [2.24, 2.45) is 0 Å². The number of nitrogens with one attached hydrogen (secondary N) is 3. The van der Waals surface area contributed by atoms with Gasteiger partial charge in [0, 0.05) is 78.7 Å². The lowest BCUT2D eigenvalue weighted by molar-refractivity contribution is -0.121. The van der Waals surface area contributed by atoms with Gasteiger partial charge in [-0.15, -0.1) is 0 Å². The highest BCUT2D eigenvalue weighted by Gasteiger charge is 2.55. The van der Waals surface area contributed by atoms with Crippen molar-refractivity contribution in [1.82, 2.24) is 29.4 Å². The Hall–Kier alpha value is -13.3. The molecule has 0 spiro atoms. The van der Waals surface area contributed by atoms with Crippen LogP contribution >= 0.6 is 0 Å². The minimum atomic E-state index is -3.61. The Balaban J connectivity index is 0.000000128. The number of carbonyl (C=O) groups excluding carboxylic acids is 4. The summed E-state index contributed by atoms with van der Waals surface area (Å²) in [5, 5.41) is 2.98. The molecule has 0 atom stereocenters. The number of Topliss-reactive ketones (excluding diaryl/α,β-unsaturated/α-hetero) is 3.